The second kappa shape index (κ2) is 4.69. The zero-order chi connectivity index (χ0) is 9.80. The van der Waals surface area contributed by atoms with E-state index in [0.29, 0.717) is 6.04 Å². The van der Waals surface area contributed by atoms with E-state index in [2.05, 4.69) is 23.3 Å². The van der Waals surface area contributed by atoms with Gasteiger partial charge in [0.15, 0.2) is 0 Å². The first kappa shape index (κ1) is 9.84. The molecule has 0 amide bonds. The van der Waals surface area contributed by atoms with Gasteiger partial charge in [-0.1, -0.05) is 0 Å². The molecule has 0 aromatic carbocycles. The third-order valence-corrected chi connectivity index (χ3v) is 3.74. The van der Waals surface area contributed by atoms with Gasteiger partial charge in [0.2, 0.25) is 0 Å². The monoisotopic (exact) mass is 208 g/mol. The van der Waals surface area contributed by atoms with E-state index >= 15 is 0 Å². The first-order valence-electron chi connectivity index (χ1n) is 5.12. The smallest absolute Gasteiger partial charge is 0.0603 e. The Kier molecular flexibility index (Phi) is 3.30. The number of aromatic nitrogens is 1. The van der Waals surface area contributed by atoms with E-state index in [-0.39, 0.29) is 0 Å². The molecule has 2 nitrogen and oxygen atoms in total. The highest BCUT2D eigenvalue weighted by atomic mass is 32.2. The Hall–Kier alpha value is -0.700. The molecule has 1 atom stereocenters. The van der Waals surface area contributed by atoms with Crippen LogP contribution in [-0.4, -0.2) is 22.5 Å². The van der Waals surface area contributed by atoms with Crippen LogP contribution in [0.4, 0.5) is 5.69 Å². The number of hydrogen-bond donors (Lipinski definition) is 1. The van der Waals surface area contributed by atoms with Gasteiger partial charge in [0.1, 0.15) is 0 Å². The van der Waals surface area contributed by atoms with Gasteiger partial charge in [0.25, 0.3) is 0 Å². The van der Waals surface area contributed by atoms with Gasteiger partial charge in [-0.25, -0.2) is 0 Å². The molecule has 0 aliphatic carbocycles. The number of hydrogen-bond acceptors (Lipinski definition) is 3. The predicted molar refractivity (Wildman–Crippen MR) is 62.9 cm³/mol. The van der Waals surface area contributed by atoms with Crippen LogP contribution in [-0.2, 0) is 0 Å². The molecule has 1 unspecified atom stereocenters. The Morgan fingerprint density at radius 3 is 3.21 bits per heavy atom. The van der Waals surface area contributed by atoms with Crippen molar-refractivity contribution in [3.63, 3.8) is 0 Å². The van der Waals surface area contributed by atoms with Crippen LogP contribution in [0, 0.1) is 6.92 Å². The number of aryl methyl sites for hydroxylation is 1. The Bertz CT molecular complexity index is 295. The number of rotatable bonds is 2. The van der Waals surface area contributed by atoms with Crippen molar-refractivity contribution >= 4 is 17.4 Å². The van der Waals surface area contributed by atoms with Crippen molar-refractivity contribution in [2.75, 3.05) is 16.8 Å². The fraction of sp³-hybridized carbons (Fsp3) is 0.545. The summed E-state index contributed by atoms with van der Waals surface area (Å²) in [5.74, 6) is 2.55. The maximum Gasteiger partial charge on any atom is 0.0603 e. The quantitative estimate of drug-likeness (QED) is 0.809. The normalized spacial score (nSPS) is 21.9. The van der Waals surface area contributed by atoms with Crippen LogP contribution in [0.2, 0.25) is 0 Å². The Morgan fingerprint density at radius 1 is 1.57 bits per heavy atom. The topological polar surface area (TPSA) is 24.9 Å². The van der Waals surface area contributed by atoms with Crippen LogP contribution in [0.25, 0.3) is 0 Å². The van der Waals surface area contributed by atoms with E-state index in [1.54, 1.807) is 0 Å². The molecule has 1 aliphatic heterocycles. The lowest BCUT2D eigenvalue weighted by atomic mass is 10.1. The highest BCUT2D eigenvalue weighted by Crippen LogP contribution is 2.21. The van der Waals surface area contributed by atoms with E-state index < -0.39 is 0 Å². The lowest BCUT2D eigenvalue weighted by Gasteiger charge is -2.24. The molecular weight excluding hydrogens is 192 g/mol. The summed E-state index contributed by atoms with van der Waals surface area (Å²) >= 11 is 2.05. The zero-order valence-electron chi connectivity index (χ0n) is 8.49. The molecule has 0 radical (unpaired) electrons. The summed E-state index contributed by atoms with van der Waals surface area (Å²) in [6.07, 6.45) is 4.47. The lowest BCUT2D eigenvalue weighted by molar-refractivity contribution is 0.684. The molecule has 1 fully saturated rings. The summed E-state index contributed by atoms with van der Waals surface area (Å²) in [5.41, 5.74) is 2.29. The molecule has 2 heterocycles. The molecular formula is C11H16N2S. The average Bonchev–Trinajstić information content (AvgIpc) is 2.23. The van der Waals surface area contributed by atoms with Crippen molar-refractivity contribution in [3.05, 3.63) is 24.0 Å². The second-order valence-corrected chi connectivity index (χ2v) is 4.84. The number of nitrogens with one attached hydrogen (secondary N) is 1. The standard InChI is InChI=1S/C11H16N2S/c1-9-11(5-2-6-12-9)13-10-4-3-7-14-8-10/h2,5-6,10,13H,3-4,7-8H2,1H3. The van der Waals surface area contributed by atoms with Crippen molar-refractivity contribution < 1.29 is 0 Å². The van der Waals surface area contributed by atoms with Crippen LogP contribution < -0.4 is 5.32 Å². The first-order chi connectivity index (χ1) is 6.86. The fourth-order valence-corrected chi connectivity index (χ4v) is 2.78. The van der Waals surface area contributed by atoms with Crippen molar-refractivity contribution in [2.45, 2.75) is 25.8 Å². The number of pyridine rings is 1. The Labute approximate surface area is 89.5 Å². The minimum Gasteiger partial charge on any atom is -0.380 e. The number of thioether (sulfide) groups is 1. The van der Waals surface area contributed by atoms with Gasteiger partial charge < -0.3 is 5.32 Å². The zero-order valence-corrected chi connectivity index (χ0v) is 9.31. The van der Waals surface area contributed by atoms with Crippen molar-refractivity contribution in [3.8, 4) is 0 Å². The van der Waals surface area contributed by atoms with Crippen LogP contribution in [0.15, 0.2) is 18.3 Å². The minimum atomic E-state index is 0.636. The Balaban J connectivity index is 1.99. The molecule has 0 bridgehead atoms. The molecule has 0 spiro atoms. The molecule has 76 valence electrons. The van der Waals surface area contributed by atoms with Gasteiger partial charge in [-0.2, -0.15) is 11.8 Å². The minimum absolute atomic E-state index is 0.636. The van der Waals surface area contributed by atoms with Gasteiger partial charge in [-0.15, -0.1) is 0 Å². The SMILES string of the molecule is Cc1ncccc1NC1CCCSC1. The molecule has 1 aromatic rings. The highest BCUT2D eigenvalue weighted by Gasteiger charge is 2.13. The Morgan fingerprint density at radius 2 is 2.50 bits per heavy atom. The molecule has 1 aromatic heterocycles. The van der Waals surface area contributed by atoms with Gasteiger partial charge >= 0.3 is 0 Å². The van der Waals surface area contributed by atoms with E-state index in [0.717, 1.165) is 5.69 Å². The van der Waals surface area contributed by atoms with Crippen LogP contribution in [0.3, 0.4) is 0 Å². The summed E-state index contributed by atoms with van der Waals surface area (Å²) in [6.45, 7) is 2.05. The van der Waals surface area contributed by atoms with Crippen LogP contribution in [0.1, 0.15) is 18.5 Å². The summed E-state index contributed by atoms with van der Waals surface area (Å²) in [5, 5.41) is 3.57. The fourth-order valence-electron chi connectivity index (χ4n) is 1.71. The van der Waals surface area contributed by atoms with Crippen molar-refractivity contribution in [1.82, 2.24) is 4.98 Å². The molecule has 1 aliphatic rings. The maximum absolute atomic E-state index is 4.28. The van der Waals surface area contributed by atoms with E-state index in [1.807, 2.05) is 24.0 Å². The van der Waals surface area contributed by atoms with Gasteiger partial charge in [-0.05, 0) is 37.7 Å². The largest absolute Gasteiger partial charge is 0.380 e. The highest BCUT2D eigenvalue weighted by molar-refractivity contribution is 7.99. The van der Waals surface area contributed by atoms with Gasteiger partial charge in [0.05, 0.1) is 11.4 Å². The molecule has 1 saturated heterocycles. The van der Waals surface area contributed by atoms with Gasteiger partial charge in [0, 0.05) is 18.0 Å². The molecule has 0 saturated carbocycles. The summed E-state index contributed by atoms with van der Waals surface area (Å²) in [7, 11) is 0. The lowest BCUT2D eigenvalue weighted by Crippen LogP contribution is -2.26. The van der Waals surface area contributed by atoms with Crippen molar-refractivity contribution in [1.29, 1.82) is 0 Å². The first-order valence-corrected chi connectivity index (χ1v) is 6.27. The van der Waals surface area contributed by atoms with Crippen LogP contribution in [0.5, 0.6) is 0 Å². The van der Waals surface area contributed by atoms with Gasteiger partial charge in [-0.3, -0.25) is 4.98 Å². The third-order valence-electron chi connectivity index (χ3n) is 2.53. The predicted octanol–water partition coefficient (Wildman–Crippen LogP) is 2.70. The van der Waals surface area contributed by atoms with E-state index in [4.69, 9.17) is 0 Å². The summed E-state index contributed by atoms with van der Waals surface area (Å²) < 4.78 is 0. The van der Waals surface area contributed by atoms with Crippen molar-refractivity contribution in [2.24, 2.45) is 0 Å². The summed E-state index contributed by atoms with van der Waals surface area (Å²) in [6, 6.07) is 4.74. The number of anilines is 1. The second-order valence-electron chi connectivity index (χ2n) is 3.69. The third kappa shape index (κ3) is 2.41. The van der Waals surface area contributed by atoms with Crippen LogP contribution >= 0.6 is 11.8 Å². The molecule has 1 N–H and O–H groups in total. The number of nitrogens with zero attached hydrogens (tertiary/aromatic N) is 1. The maximum atomic E-state index is 4.28. The van der Waals surface area contributed by atoms with E-state index in [1.165, 1.54) is 30.0 Å². The molecule has 14 heavy (non-hydrogen) atoms. The average molecular weight is 208 g/mol. The summed E-state index contributed by atoms with van der Waals surface area (Å²) in [4.78, 5) is 4.28. The molecule has 3 heteroatoms. The molecule has 2 rings (SSSR count). The van der Waals surface area contributed by atoms with E-state index in [9.17, 15) is 0 Å².